The number of hydrogen-bond acceptors (Lipinski definition) is 6. The lowest BCUT2D eigenvalue weighted by atomic mass is 10.1. The van der Waals surface area contributed by atoms with Crippen LogP contribution in [-0.2, 0) is 0 Å². The number of carbonyl (C=O) groups excluding carboxylic acids is 1. The molecule has 0 radical (unpaired) electrons. The minimum absolute atomic E-state index is 0.101. The number of methoxy groups -OCH3 is 3. The Morgan fingerprint density at radius 3 is 2.12 bits per heavy atom. The van der Waals surface area contributed by atoms with Gasteiger partial charge in [0.25, 0.3) is 0 Å². The molecule has 0 saturated heterocycles. The number of nitrogens with two attached hydrogens (primary N) is 1. The Labute approximate surface area is 187 Å². The molecule has 0 heterocycles. The number of allylic oxidation sites excluding steroid dienone is 1. The summed E-state index contributed by atoms with van der Waals surface area (Å²) < 4.78 is 16.2. The van der Waals surface area contributed by atoms with Crippen molar-refractivity contribution in [1.82, 2.24) is 0 Å². The molecule has 0 spiro atoms. The second kappa shape index (κ2) is 10.7. The monoisotopic (exact) mass is 430 g/mol. The molecular formula is C26H26N2O4. The van der Waals surface area contributed by atoms with Crippen molar-refractivity contribution in [2.24, 2.45) is 0 Å². The second-order valence-electron chi connectivity index (χ2n) is 6.88. The van der Waals surface area contributed by atoms with Gasteiger partial charge in [0.2, 0.25) is 5.75 Å². The highest BCUT2D eigenvalue weighted by molar-refractivity contribution is 6.04. The van der Waals surface area contributed by atoms with Gasteiger partial charge in [-0.2, -0.15) is 0 Å². The second-order valence-corrected chi connectivity index (χ2v) is 6.88. The lowest BCUT2D eigenvalue weighted by molar-refractivity contribution is 0.104. The largest absolute Gasteiger partial charge is 0.493 e. The molecule has 3 aromatic carbocycles. The summed E-state index contributed by atoms with van der Waals surface area (Å²) in [6.07, 6.45) is 7.06. The van der Waals surface area contributed by atoms with Crippen molar-refractivity contribution in [3.63, 3.8) is 0 Å². The molecule has 0 aliphatic rings. The summed E-state index contributed by atoms with van der Waals surface area (Å²) in [4.78, 5) is 12.2. The fourth-order valence-electron chi connectivity index (χ4n) is 3.08. The third-order valence-electron chi connectivity index (χ3n) is 4.72. The number of nitrogen functional groups attached to an aromatic ring is 1. The minimum atomic E-state index is -0.101. The van der Waals surface area contributed by atoms with Crippen LogP contribution in [-0.4, -0.2) is 27.1 Å². The van der Waals surface area contributed by atoms with E-state index in [9.17, 15) is 4.79 Å². The number of hydrogen-bond donors (Lipinski definition) is 2. The van der Waals surface area contributed by atoms with Crippen LogP contribution in [0.15, 0.2) is 72.9 Å². The van der Waals surface area contributed by atoms with Crippen LogP contribution in [0.1, 0.15) is 21.5 Å². The van der Waals surface area contributed by atoms with Crippen LogP contribution < -0.4 is 25.3 Å². The maximum atomic E-state index is 12.2. The van der Waals surface area contributed by atoms with Crippen molar-refractivity contribution in [2.75, 3.05) is 32.4 Å². The number of ether oxygens (including phenoxy) is 3. The molecule has 6 heteroatoms. The van der Waals surface area contributed by atoms with Crippen molar-refractivity contribution in [1.29, 1.82) is 0 Å². The Morgan fingerprint density at radius 2 is 1.50 bits per heavy atom. The quantitative estimate of drug-likeness (QED) is 0.208. The third-order valence-corrected chi connectivity index (χ3v) is 4.72. The maximum Gasteiger partial charge on any atom is 0.203 e. The first kappa shape index (κ1) is 22.5. The molecular weight excluding hydrogens is 404 g/mol. The van der Waals surface area contributed by atoms with Crippen molar-refractivity contribution < 1.29 is 19.0 Å². The smallest absolute Gasteiger partial charge is 0.203 e. The molecule has 0 bridgehead atoms. The van der Waals surface area contributed by atoms with Crippen molar-refractivity contribution in [2.45, 2.75) is 0 Å². The standard InChI is InChI=1S/C26H26N2O4/c1-30-24-16-19(17-25(31-2)26(24)32-3)8-7-18-5-4-6-22(15-18)28-14-13-23(29)20-9-11-21(27)12-10-20/h4-17,28H,27H2,1-3H3/b8-7-,14-13-. The fraction of sp³-hybridized carbons (Fsp3) is 0.115. The SMILES string of the molecule is COc1cc(/C=C\c2cccc(N/C=C\C(=O)c3ccc(N)cc3)c2)cc(OC)c1OC. The van der Waals surface area contributed by atoms with Crippen LogP contribution in [0, 0.1) is 0 Å². The first-order chi connectivity index (χ1) is 15.5. The molecule has 0 aliphatic heterocycles. The summed E-state index contributed by atoms with van der Waals surface area (Å²) in [6.45, 7) is 0. The summed E-state index contributed by atoms with van der Waals surface area (Å²) in [5, 5.41) is 3.13. The van der Waals surface area contributed by atoms with Gasteiger partial charge in [-0.3, -0.25) is 4.79 Å². The zero-order valence-corrected chi connectivity index (χ0v) is 18.3. The van der Waals surface area contributed by atoms with Gasteiger partial charge in [0, 0.05) is 29.2 Å². The van der Waals surface area contributed by atoms with E-state index in [0.29, 0.717) is 28.5 Å². The molecule has 164 valence electrons. The highest BCUT2D eigenvalue weighted by Gasteiger charge is 2.11. The van der Waals surface area contributed by atoms with Crippen molar-refractivity contribution in [3.8, 4) is 17.2 Å². The lowest BCUT2D eigenvalue weighted by Gasteiger charge is -2.12. The van der Waals surface area contributed by atoms with Crippen LogP contribution in [0.2, 0.25) is 0 Å². The van der Waals surface area contributed by atoms with Gasteiger partial charge < -0.3 is 25.3 Å². The van der Waals surface area contributed by atoms with Gasteiger partial charge in [-0.05, 0) is 59.7 Å². The topological polar surface area (TPSA) is 82.8 Å². The normalized spacial score (nSPS) is 11.0. The molecule has 3 N–H and O–H groups in total. The number of nitrogens with one attached hydrogen (secondary N) is 1. The summed E-state index contributed by atoms with van der Waals surface area (Å²) in [6, 6.07) is 18.4. The van der Waals surface area contributed by atoms with Gasteiger partial charge >= 0.3 is 0 Å². The van der Waals surface area contributed by atoms with Crippen LogP contribution in [0.5, 0.6) is 17.2 Å². The summed E-state index contributed by atoms with van der Waals surface area (Å²) in [7, 11) is 4.75. The molecule has 0 unspecified atom stereocenters. The van der Waals surface area contributed by atoms with Gasteiger partial charge in [-0.1, -0.05) is 24.3 Å². The van der Waals surface area contributed by atoms with Crippen LogP contribution >= 0.6 is 0 Å². The predicted octanol–water partition coefficient (Wildman–Crippen LogP) is 5.27. The Hall–Kier alpha value is -4.19. The number of benzene rings is 3. The Kier molecular flexibility index (Phi) is 7.54. The van der Waals surface area contributed by atoms with Crippen molar-refractivity contribution in [3.05, 3.63) is 89.6 Å². The average Bonchev–Trinajstić information content (AvgIpc) is 2.82. The van der Waals surface area contributed by atoms with E-state index in [-0.39, 0.29) is 5.78 Å². The maximum absolute atomic E-state index is 12.2. The lowest BCUT2D eigenvalue weighted by Crippen LogP contribution is -1.97. The van der Waals surface area contributed by atoms with E-state index in [1.54, 1.807) is 51.8 Å². The summed E-state index contributed by atoms with van der Waals surface area (Å²) in [5.41, 5.74) is 9.62. The van der Waals surface area contributed by atoms with E-state index < -0.39 is 0 Å². The van der Waals surface area contributed by atoms with Gasteiger partial charge in [0.1, 0.15) is 0 Å². The summed E-state index contributed by atoms with van der Waals surface area (Å²) >= 11 is 0. The molecule has 0 saturated carbocycles. The highest BCUT2D eigenvalue weighted by Crippen LogP contribution is 2.38. The van der Waals surface area contributed by atoms with Gasteiger partial charge in [-0.25, -0.2) is 0 Å². The van der Waals surface area contributed by atoms with Crippen molar-refractivity contribution >= 4 is 29.3 Å². The first-order valence-corrected chi connectivity index (χ1v) is 9.95. The van der Waals surface area contributed by atoms with Crippen LogP contribution in [0.25, 0.3) is 12.2 Å². The van der Waals surface area contributed by atoms with Gasteiger partial charge in [0.05, 0.1) is 21.3 Å². The van der Waals surface area contributed by atoms with Gasteiger partial charge in [0.15, 0.2) is 17.3 Å². The predicted molar refractivity (Wildman–Crippen MR) is 129 cm³/mol. The molecule has 0 amide bonds. The Balaban J connectivity index is 1.70. The van der Waals surface area contributed by atoms with E-state index in [4.69, 9.17) is 19.9 Å². The molecule has 0 aromatic heterocycles. The van der Waals surface area contributed by atoms with E-state index in [1.165, 1.54) is 6.08 Å². The Morgan fingerprint density at radius 1 is 0.844 bits per heavy atom. The molecule has 0 atom stereocenters. The number of rotatable bonds is 9. The van der Waals surface area contributed by atoms with E-state index in [1.807, 2.05) is 48.6 Å². The highest BCUT2D eigenvalue weighted by atomic mass is 16.5. The Bertz CT molecular complexity index is 1110. The number of anilines is 2. The summed E-state index contributed by atoms with van der Waals surface area (Å²) in [5.74, 6) is 1.64. The number of ketones is 1. The minimum Gasteiger partial charge on any atom is -0.493 e. The zero-order chi connectivity index (χ0) is 22.9. The van der Waals surface area contributed by atoms with E-state index in [2.05, 4.69) is 5.32 Å². The molecule has 0 fully saturated rings. The van der Waals surface area contributed by atoms with E-state index >= 15 is 0 Å². The van der Waals surface area contributed by atoms with Crippen LogP contribution in [0.3, 0.4) is 0 Å². The molecule has 0 aliphatic carbocycles. The first-order valence-electron chi connectivity index (χ1n) is 9.95. The van der Waals surface area contributed by atoms with Crippen LogP contribution in [0.4, 0.5) is 11.4 Å². The fourth-order valence-corrected chi connectivity index (χ4v) is 3.08. The van der Waals surface area contributed by atoms with E-state index in [0.717, 1.165) is 16.8 Å². The number of carbonyl (C=O) groups is 1. The molecule has 3 rings (SSSR count). The third kappa shape index (κ3) is 5.70. The average molecular weight is 431 g/mol. The molecule has 3 aromatic rings. The molecule has 32 heavy (non-hydrogen) atoms. The van der Waals surface area contributed by atoms with Gasteiger partial charge in [-0.15, -0.1) is 0 Å². The molecule has 6 nitrogen and oxygen atoms in total. The zero-order valence-electron chi connectivity index (χ0n) is 18.3.